The molecule has 0 spiro atoms. The van der Waals surface area contributed by atoms with Crippen LogP contribution in [-0.2, 0) is 6.54 Å². The molecule has 0 atom stereocenters. The van der Waals surface area contributed by atoms with Crippen LogP contribution in [-0.4, -0.2) is 4.98 Å². The van der Waals surface area contributed by atoms with E-state index in [9.17, 15) is 4.39 Å². The van der Waals surface area contributed by atoms with Crippen molar-refractivity contribution in [1.82, 2.24) is 4.98 Å². The van der Waals surface area contributed by atoms with Gasteiger partial charge in [-0.25, -0.2) is 9.37 Å². The fourth-order valence-corrected chi connectivity index (χ4v) is 1.98. The largest absolute Gasteiger partial charge is 0.397 e. The lowest BCUT2D eigenvalue weighted by molar-refractivity contribution is 0.628. The monoisotopic (exact) mass is 237 g/mol. The summed E-state index contributed by atoms with van der Waals surface area (Å²) < 4.78 is 12.8. The normalized spacial score (nSPS) is 10.4. The molecule has 0 aliphatic rings. The van der Waals surface area contributed by atoms with Gasteiger partial charge in [0.25, 0.3) is 0 Å². The second kappa shape index (κ2) is 4.49. The fraction of sp³-hybridized carbons (Fsp3) is 0.182. The first-order chi connectivity index (χ1) is 7.65. The highest BCUT2D eigenvalue weighted by molar-refractivity contribution is 7.09. The van der Waals surface area contributed by atoms with Crippen molar-refractivity contribution in [3.8, 4) is 0 Å². The lowest BCUT2D eigenvalue weighted by Gasteiger charge is -2.07. The van der Waals surface area contributed by atoms with Crippen molar-refractivity contribution in [2.75, 3.05) is 11.1 Å². The van der Waals surface area contributed by atoms with E-state index in [4.69, 9.17) is 5.73 Å². The Hall–Kier alpha value is -1.62. The second-order valence-electron chi connectivity index (χ2n) is 3.44. The van der Waals surface area contributed by atoms with Crippen molar-refractivity contribution in [3.63, 3.8) is 0 Å². The molecule has 0 saturated carbocycles. The minimum atomic E-state index is -0.326. The molecule has 1 aromatic carbocycles. The van der Waals surface area contributed by atoms with Crippen molar-refractivity contribution in [1.29, 1.82) is 0 Å². The zero-order valence-electron chi connectivity index (χ0n) is 8.83. The van der Waals surface area contributed by atoms with Crippen LogP contribution in [0.2, 0.25) is 0 Å². The third-order valence-electron chi connectivity index (χ3n) is 2.14. The highest BCUT2D eigenvalue weighted by Gasteiger charge is 2.02. The molecule has 1 heterocycles. The van der Waals surface area contributed by atoms with E-state index in [2.05, 4.69) is 10.3 Å². The number of aromatic nitrogens is 1. The van der Waals surface area contributed by atoms with E-state index in [0.717, 1.165) is 16.4 Å². The fourth-order valence-electron chi connectivity index (χ4n) is 1.37. The summed E-state index contributed by atoms with van der Waals surface area (Å²) in [6.45, 7) is 2.56. The van der Waals surface area contributed by atoms with Gasteiger partial charge in [-0.1, -0.05) is 0 Å². The molecule has 0 aliphatic heterocycles. The number of benzene rings is 1. The molecule has 0 radical (unpaired) electrons. The van der Waals surface area contributed by atoms with E-state index < -0.39 is 0 Å². The maximum absolute atomic E-state index is 12.8. The minimum absolute atomic E-state index is 0.326. The van der Waals surface area contributed by atoms with Gasteiger partial charge in [-0.15, -0.1) is 11.3 Å². The van der Waals surface area contributed by atoms with Gasteiger partial charge in [0, 0.05) is 5.38 Å². The quantitative estimate of drug-likeness (QED) is 0.807. The number of nitrogens with one attached hydrogen (secondary N) is 1. The number of nitrogens with two attached hydrogens (primary N) is 1. The molecular weight excluding hydrogens is 225 g/mol. The molecule has 1 aromatic heterocycles. The summed E-state index contributed by atoms with van der Waals surface area (Å²) >= 11 is 1.60. The number of halogens is 1. The number of rotatable bonds is 3. The van der Waals surface area contributed by atoms with Gasteiger partial charge in [0.2, 0.25) is 0 Å². The van der Waals surface area contributed by atoms with Gasteiger partial charge in [0.1, 0.15) is 5.82 Å². The van der Waals surface area contributed by atoms with Gasteiger partial charge in [-0.3, -0.25) is 0 Å². The van der Waals surface area contributed by atoms with Crippen LogP contribution in [0.1, 0.15) is 10.7 Å². The third kappa shape index (κ3) is 2.49. The van der Waals surface area contributed by atoms with Crippen LogP contribution in [0.3, 0.4) is 0 Å². The average molecular weight is 237 g/mol. The van der Waals surface area contributed by atoms with Crippen LogP contribution in [0.15, 0.2) is 23.6 Å². The summed E-state index contributed by atoms with van der Waals surface area (Å²) in [4.78, 5) is 4.31. The molecule has 0 fully saturated rings. The molecule has 3 nitrogen and oxygen atoms in total. The number of nitrogen functional groups attached to an aromatic ring is 1. The Kier molecular flexibility index (Phi) is 3.05. The Labute approximate surface area is 97.1 Å². The predicted molar refractivity (Wildman–Crippen MR) is 65.0 cm³/mol. The highest BCUT2D eigenvalue weighted by Crippen LogP contribution is 2.20. The Bertz CT molecular complexity index is 496. The smallest absolute Gasteiger partial charge is 0.125 e. The summed E-state index contributed by atoms with van der Waals surface area (Å²) in [6.07, 6.45) is 0. The Morgan fingerprint density at radius 2 is 2.31 bits per heavy atom. The lowest BCUT2D eigenvalue weighted by Crippen LogP contribution is -2.03. The molecule has 0 saturated heterocycles. The van der Waals surface area contributed by atoms with Gasteiger partial charge in [0.05, 0.1) is 28.6 Å². The second-order valence-corrected chi connectivity index (χ2v) is 4.51. The van der Waals surface area contributed by atoms with Gasteiger partial charge < -0.3 is 11.1 Å². The highest BCUT2D eigenvalue weighted by atomic mass is 32.1. The van der Waals surface area contributed by atoms with E-state index in [1.165, 1.54) is 12.1 Å². The van der Waals surface area contributed by atoms with Gasteiger partial charge in [-0.05, 0) is 25.1 Å². The summed E-state index contributed by atoms with van der Waals surface area (Å²) in [6, 6.07) is 4.31. The summed E-state index contributed by atoms with van der Waals surface area (Å²) in [7, 11) is 0. The lowest BCUT2D eigenvalue weighted by atomic mass is 10.2. The van der Waals surface area contributed by atoms with Crippen molar-refractivity contribution < 1.29 is 4.39 Å². The third-order valence-corrected chi connectivity index (χ3v) is 2.96. The van der Waals surface area contributed by atoms with Gasteiger partial charge in [0.15, 0.2) is 0 Å². The Morgan fingerprint density at radius 3 is 2.94 bits per heavy atom. The van der Waals surface area contributed by atoms with E-state index >= 15 is 0 Å². The van der Waals surface area contributed by atoms with Crippen LogP contribution in [0.5, 0.6) is 0 Å². The summed E-state index contributed by atoms with van der Waals surface area (Å²) in [5, 5.41) is 6.14. The van der Waals surface area contributed by atoms with Crippen LogP contribution in [0.25, 0.3) is 0 Å². The predicted octanol–water partition coefficient (Wildman–Crippen LogP) is 2.78. The molecule has 2 rings (SSSR count). The molecule has 84 valence electrons. The van der Waals surface area contributed by atoms with Gasteiger partial charge >= 0.3 is 0 Å². The number of hydrogen-bond acceptors (Lipinski definition) is 4. The SMILES string of the molecule is Cc1nc(CNc2ccc(F)cc2N)cs1. The molecule has 5 heteroatoms. The zero-order chi connectivity index (χ0) is 11.5. The molecule has 0 aliphatic carbocycles. The Morgan fingerprint density at radius 1 is 1.50 bits per heavy atom. The average Bonchev–Trinajstić information content (AvgIpc) is 2.63. The topological polar surface area (TPSA) is 50.9 Å². The standard InChI is InChI=1S/C11H12FN3S/c1-7-15-9(6-16-7)5-14-11-3-2-8(12)4-10(11)13/h2-4,6,14H,5,13H2,1H3. The molecular formula is C11H12FN3S. The molecule has 3 N–H and O–H groups in total. The first kappa shape index (κ1) is 10.9. The maximum atomic E-state index is 12.8. The molecule has 2 aromatic rings. The van der Waals surface area contributed by atoms with Crippen LogP contribution in [0, 0.1) is 12.7 Å². The van der Waals surface area contributed by atoms with Crippen molar-refractivity contribution >= 4 is 22.7 Å². The number of aryl methyl sites for hydroxylation is 1. The molecule has 16 heavy (non-hydrogen) atoms. The van der Waals surface area contributed by atoms with Gasteiger partial charge in [-0.2, -0.15) is 0 Å². The van der Waals surface area contributed by atoms with Crippen LogP contribution >= 0.6 is 11.3 Å². The molecule has 0 unspecified atom stereocenters. The van der Waals surface area contributed by atoms with E-state index in [1.807, 2.05) is 12.3 Å². The van der Waals surface area contributed by atoms with E-state index in [0.29, 0.717) is 12.2 Å². The van der Waals surface area contributed by atoms with Crippen LogP contribution < -0.4 is 11.1 Å². The Balaban J connectivity index is 2.04. The summed E-state index contributed by atoms with van der Waals surface area (Å²) in [5.74, 6) is -0.326. The van der Waals surface area contributed by atoms with E-state index in [1.54, 1.807) is 17.4 Å². The summed E-state index contributed by atoms with van der Waals surface area (Å²) in [5.41, 5.74) is 7.77. The zero-order valence-corrected chi connectivity index (χ0v) is 9.64. The maximum Gasteiger partial charge on any atom is 0.125 e. The number of anilines is 2. The number of nitrogens with zero attached hydrogens (tertiary/aromatic N) is 1. The van der Waals surface area contributed by atoms with Crippen molar-refractivity contribution in [2.45, 2.75) is 13.5 Å². The first-order valence-corrected chi connectivity index (χ1v) is 5.73. The minimum Gasteiger partial charge on any atom is -0.397 e. The van der Waals surface area contributed by atoms with Crippen molar-refractivity contribution in [2.24, 2.45) is 0 Å². The molecule has 0 bridgehead atoms. The van der Waals surface area contributed by atoms with Crippen molar-refractivity contribution in [3.05, 3.63) is 40.1 Å². The molecule has 0 amide bonds. The van der Waals surface area contributed by atoms with E-state index in [-0.39, 0.29) is 5.82 Å². The number of hydrogen-bond donors (Lipinski definition) is 2. The number of thiazole rings is 1. The first-order valence-electron chi connectivity index (χ1n) is 4.85. The van der Waals surface area contributed by atoms with Crippen LogP contribution in [0.4, 0.5) is 15.8 Å².